The second-order valence-electron chi connectivity index (χ2n) is 7.65. The lowest BCUT2D eigenvalue weighted by Gasteiger charge is -2.19. The Morgan fingerprint density at radius 2 is 1.00 bits per heavy atom. The van der Waals surface area contributed by atoms with Gasteiger partial charge in [-0.25, -0.2) is 4.98 Å². The molecule has 0 atom stereocenters. The molecule has 0 bridgehead atoms. The smallest absolute Gasteiger partial charge is 0.142 e. The number of imidazole rings is 1. The standard InChI is InChI=1S/C28H20N2O/c1-31-25-17-9-8-16-24(25)28-29-26-22-14-6-4-12-20(22)18-10-2-3-11-19(18)21-13-5-7-15-23(21)27(26)30-28/h2-17H,1H3,(H,29,30). The minimum atomic E-state index is 0.800. The highest BCUT2D eigenvalue weighted by Crippen LogP contribution is 2.47. The zero-order chi connectivity index (χ0) is 20.8. The van der Waals surface area contributed by atoms with E-state index >= 15 is 0 Å². The van der Waals surface area contributed by atoms with Crippen LogP contribution in [0.25, 0.3) is 56.2 Å². The first-order chi connectivity index (χ1) is 15.3. The van der Waals surface area contributed by atoms with Crippen molar-refractivity contribution in [3.63, 3.8) is 0 Å². The average Bonchev–Trinajstić information content (AvgIpc) is 3.28. The van der Waals surface area contributed by atoms with Gasteiger partial charge in [-0.2, -0.15) is 0 Å². The van der Waals surface area contributed by atoms with Crippen molar-refractivity contribution in [3.8, 4) is 61.9 Å². The zero-order valence-electron chi connectivity index (χ0n) is 17.1. The van der Waals surface area contributed by atoms with Gasteiger partial charge in [0.25, 0.3) is 0 Å². The number of ether oxygens (including phenoxy) is 1. The first-order valence-corrected chi connectivity index (χ1v) is 10.4. The summed E-state index contributed by atoms with van der Waals surface area (Å²) in [5, 5.41) is 0. The molecule has 0 radical (unpaired) electrons. The van der Waals surface area contributed by atoms with Gasteiger partial charge in [0.05, 0.1) is 24.1 Å². The molecule has 0 spiro atoms. The summed E-state index contributed by atoms with van der Waals surface area (Å²) in [7, 11) is 1.69. The van der Waals surface area contributed by atoms with Crippen molar-refractivity contribution in [1.29, 1.82) is 0 Å². The van der Waals surface area contributed by atoms with Crippen molar-refractivity contribution >= 4 is 0 Å². The van der Waals surface area contributed by atoms with Gasteiger partial charge in [0.2, 0.25) is 0 Å². The van der Waals surface area contributed by atoms with E-state index in [4.69, 9.17) is 9.72 Å². The molecule has 1 heterocycles. The molecule has 31 heavy (non-hydrogen) atoms. The number of H-pyrrole nitrogens is 1. The number of rotatable bonds is 2. The number of nitrogens with zero attached hydrogens (tertiary/aromatic N) is 1. The Morgan fingerprint density at radius 1 is 0.548 bits per heavy atom. The number of nitrogens with one attached hydrogen (secondary N) is 1. The lowest BCUT2D eigenvalue weighted by atomic mass is 9.85. The lowest BCUT2D eigenvalue weighted by molar-refractivity contribution is 0.416. The molecule has 0 aliphatic heterocycles. The van der Waals surface area contributed by atoms with Gasteiger partial charge in [0.1, 0.15) is 11.6 Å². The highest BCUT2D eigenvalue weighted by molar-refractivity contribution is 6.01. The number of benzene rings is 4. The Labute approximate surface area is 181 Å². The van der Waals surface area contributed by atoms with Crippen LogP contribution in [-0.2, 0) is 0 Å². The van der Waals surface area contributed by atoms with Gasteiger partial charge in [-0.3, -0.25) is 0 Å². The van der Waals surface area contributed by atoms with E-state index < -0.39 is 0 Å². The first kappa shape index (κ1) is 17.7. The third-order valence-electron chi connectivity index (χ3n) is 5.95. The van der Waals surface area contributed by atoms with Crippen LogP contribution in [0.5, 0.6) is 5.75 Å². The molecule has 1 aliphatic carbocycles. The van der Waals surface area contributed by atoms with E-state index in [2.05, 4.69) is 77.8 Å². The topological polar surface area (TPSA) is 37.9 Å². The molecule has 3 heteroatoms. The van der Waals surface area contributed by atoms with Crippen LogP contribution in [0.1, 0.15) is 0 Å². The summed E-state index contributed by atoms with van der Waals surface area (Å²) in [6.45, 7) is 0. The van der Waals surface area contributed by atoms with E-state index in [0.717, 1.165) is 39.7 Å². The van der Waals surface area contributed by atoms with Crippen molar-refractivity contribution in [3.05, 3.63) is 97.1 Å². The molecule has 0 saturated heterocycles. The summed E-state index contributed by atoms with van der Waals surface area (Å²) in [4.78, 5) is 8.74. The highest BCUT2D eigenvalue weighted by atomic mass is 16.5. The molecule has 0 unspecified atom stereocenters. The molecular weight excluding hydrogens is 380 g/mol. The van der Waals surface area contributed by atoms with E-state index in [1.165, 1.54) is 22.3 Å². The van der Waals surface area contributed by atoms with Gasteiger partial charge in [-0.15, -0.1) is 0 Å². The number of aromatic amines is 1. The SMILES string of the molecule is COc1ccccc1-c1nc2c([nH]1)-c1ccccc1-c1ccccc1-c1ccccc1-2. The number of fused-ring (bicyclic) bond motifs is 8. The summed E-state index contributed by atoms with van der Waals surface area (Å²) in [6.07, 6.45) is 0. The molecule has 1 aliphatic rings. The van der Waals surface area contributed by atoms with E-state index in [0.29, 0.717) is 0 Å². The Bertz CT molecular complexity index is 1350. The maximum absolute atomic E-state index is 5.61. The van der Waals surface area contributed by atoms with Crippen LogP contribution in [0.3, 0.4) is 0 Å². The predicted octanol–water partition coefficient (Wildman–Crippen LogP) is 7.07. The van der Waals surface area contributed by atoms with E-state index in [1.807, 2.05) is 24.3 Å². The normalized spacial score (nSPS) is 11.4. The van der Waals surface area contributed by atoms with Gasteiger partial charge < -0.3 is 9.72 Å². The minimum absolute atomic E-state index is 0.800. The number of aromatic nitrogens is 2. The molecule has 3 nitrogen and oxygen atoms in total. The van der Waals surface area contributed by atoms with Crippen LogP contribution in [0.4, 0.5) is 0 Å². The molecule has 0 amide bonds. The van der Waals surface area contributed by atoms with Gasteiger partial charge in [-0.1, -0.05) is 84.9 Å². The van der Waals surface area contributed by atoms with Crippen LogP contribution in [0, 0.1) is 0 Å². The average molecular weight is 400 g/mol. The molecule has 4 aromatic carbocycles. The van der Waals surface area contributed by atoms with Gasteiger partial charge in [0, 0.05) is 11.1 Å². The van der Waals surface area contributed by atoms with Crippen molar-refractivity contribution < 1.29 is 4.74 Å². The largest absolute Gasteiger partial charge is 0.496 e. The molecule has 0 fully saturated rings. The van der Waals surface area contributed by atoms with Crippen molar-refractivity contribution in [1.82, 2.24) is 9.97 Å². The number of hydrogen-bond acceptors (Lipinski definition) is 2. The minimum Gasteiger partial charge on any atom is -0.496 e. The second kappa shape index (κ2) is 6.99. The summed E-state index contributed by atoms with van der Waals surface area (Å²) in [6, 6.07) is 33.7. The molecule has 1 aromatic heterocycles. The molecule has 1 N–H and O–H groups in total. The van der Waals surface area contributed by atoms with Crippen LogP contribution in [0.2, 0.25) is 0 Å². The van der Waals surface area contributed by atoms with Crippen molar-refractivity contribution in [2.75, 3.05) is 7.11 Å². The van der Waals surface area contributed by atoms with Crippen LogP contribution < -0.4 is 4.74 Å². The quantitative estimate of drug-likeness (QED) is 0.338. The van der Waals surface area contributed by atoms with Gasteiger partial charge in [0.15, 0.2) is 0 Å². The summed E-state index contributed by atoms with van der Waals surface area (Å²) >= 11 is 0. The van der Waals surface area contributed by atoms with Crippen molar-refractivity contribution in [2.24, 2.45) is 0 Å². The van der Waals surface area contributed by atoms with Crippen LogP contribution in [0.15, 0.2) is 97.1 Å². The monoisotopic (exact) mass is 400 g/mol. The molecule has 6 rings (SSSR count). The fourth-order valence-corrected chi connectivity index (χ4v) is 4.54. The van der Waals surface area contributed by atoms with Crippen LogP contribution >= 0.6 is 0 Å². The van der Waals surface area contributed by atoms with E-state index in [-0.39, 0.29) is 0 Å². The zero-order valence-corrected chi connectivity index (χ0v) is 17.1. The maximum atomic E-state index is 5.61. The third kappa shape index (κ3) is 2.71. The predicted molar refractivity (Wildman–Crippen MR) is 126 cm³/mol. The Kier molecular flexibility index (Phi) is 4.00. The summed E-state index contributed by atoms with van der Waals surface area (Å²) < 4.78 is 5.61. The highest BCUT2D eigenvalue weighted by Gasteiger charge is 2.25. The Balaban J connectivity index is 1.72. The van der Waals surface area contributed by atoms with Gasteiger partial charge in [-0.05, 0) is 34.4 Å². The fraction of sp³-hybridized carbons (Fsp3) is 0.0357. The van der Waals surface area contributed by atoms with E-state index in [1.54, 1.807) is 7.11 Å². The summed E-state index contributed by atoms with van der Waals surface area (Å²) in [5.74, 6) is 1.60. The molecule has 148 valence electrons. The first-order valence-electron chi connectivity index (χ1n) is 10.4. The maximum Gasteiger partial charge on any atom is 0.142 e. The fourth-order valence-electron chi connectivity index (χ4n) is 4.54. The van der Waals surface area contributed by atoms with Crippen LogP contribution in [-0.4, -0.2) is 17.1 Å². The molecule has 0 saturated carbocycles. The Morgan fingerprint density at radius 3 is 1.61 bits per heavy atom. The number of hydrogen-bond donors (Lipinski definition) is 1. The second-order valence-corrected chi connectivity index (χ2v) is 7.65. The molecular formula is C28H20N2O. The number of methoxy groups -OCH3 is 1. The number of para-hydroxylation sites is 1. The molecule has 5 aromatic rings. The van der Waals surface area contributed by atoms with Crippen molar-refractivity contribution in [2.45, 2.75) is 0 Å². The third-order valence-corrected chi connectivity index (χ3v) is 5.95. The summed E-state index contributed by atoms with van der Waals surface area (Å²) in [5.41, 5.74) is 10.0. The lowest BCUT2D eigenvalue weighted by Crippen LogP contribution is -1.96. The van der Waals surface area contributed by atoms with E-state index in [9.17, 15) is 0 Å². The van der Waals surface area contributed by atoms with Gasteiger partial charge >= 0.3 is 0 Å². The Hall–Kier alpha value is -4.11.